The molecule has 0 bridgehead atoms. The largest absolute Gasteiger partial charge is 0.316 e. The topological polar surface area (TPSA) is 24.9 Å². The molecule has 1 aromatic carbocycles. The summed E-state index contributed by atoms with van der Waals surface area (Å²) in [5.74, 6) is 1.21. The lowest BCUT2D eigenvalue weighted by Crippen LogP contribution is -2.30. The minimum atomic E-state index is 0.543. The third-order valence-corrected chi connectivity index (χ3v) is 5.99. The SMILES string of the molecule is CNC(CSC1CCCC1)Cc1ccnc2ccccc12. The van der Waals surface area contributed by atoms with Crippen LogP contribution in [0.4, 0.5) is 0 Å². The molecule has 2 aromatic rings. The average molecular weight is 300 g/mol. The third-order valence-electron chi connectivity index (χ3n) is 4.45. The maximum Gasteiger partial charge on any atom is 0.0704 e. The normalized spacial score (nSPS) is 17.4. The molecule has 0 aliphatic heterocycles. The molecule has 1 saturated carbocycles. The predicted molar refractivity (Wildman–Crippen MR) is 93.0 cm³/mol. The molecule has 0 saturated heterocycles. The molecule has 1 heterocycles. The fraction of sp³-hybridized carbons (Fsp3) is 0.500. The zero-order valence-corrected chi connectivity index (χ0v) is 13.5. The summed E-state index contributed by atoms with van der Waals surface area (Å²) in [6.07, 6.45) is 8.71. The van der Waals surface area contributed by atoms with Gasteiger partial charge in [-0.2, -0.15) is 11.8 Å². The summed E-state index contributed by atoms with van der Waals surface area (Å²) in [5, 5.41) is 5.69. The van der Waals surface area contributed by atoms with Crippen molar-refractivity contribution in [2.75, 3.05) is 12.8 Å². The first-order chi connectivity index (χ1) is 10.4. The molecule has 1 unspecified atom stereocenters. The summed E-state index contributed by atoms with van der Waals surface area (Å²) in [5.41, 5.74) is 2.51. The molecular formula is C18H24N2S. The van der Waals surface area contributed by atoms with Crippen molar-refractivity contribution in [1.82, 2.24) is 10.3 Å². The van der Waals surface area contributed by atoms with Crippen molar-refractivity contribution in [3.05, 3.63) is 42.1 Å². The van der Waals surface area contributed by atoms with Crippen LogP contribution in [0.15, 0.2) is 36.5 Å². The second-order valence-electron chi connectivity index (χ2n) is 5.92. The van der Waals surface area contributed by atoms with Crippen LogP contribution in [0.1, 0.15) is 31.2 Å². The Morgan fingerprint density at radius 2 is 2.05 bits per heavy atom. The van der Waals surface area contributed by atoms with E-state index < -0.39 is 0 Å². The summed E-state index contributed by atoms with van der Waals surface area (Å²) in [7, 11) is 2.09. The van der Waals surface area contributed by atoms with E-state index >= 15 is 0 Å². The van der Waals surface area contributed by atoms with Gasteiger partial charge in [0.2, 0.25) is 0 Å². The van der Waals surface area contributed by atoms with Crippen molar-refractivity contribution < 1.29 is 0 Å². The van der Waals surface area contributed by atoms with Crippen LogP contribution in [0.5, 0.6) is 0 Å². The Kier molecular flexibility index (Phi) is 5.15. The number of nitrogens with one attached hydrogen (secondary N) is 1. The van der Waals surface area contributed by atoms with Crippen LogP contribution in [0, 0.1) is 0 Å². The molecule has 3 heteroatoms. The van der Waals surface area contributed by atoms with E-state index in [1.165, 1.54) is 42.4 Å². The van der Waals surface area contributed by atoms with Gasteiger partial charge in [0.15, 0.2) is 0 Å². The second kappa shape index (κ2) is 7.28. The van der Waals surface area contributed by atoms with Crippen molar-refractivity contribution in [2.24, 2.45) is 0 Å². The zero-order valence-electron chi connectivity index (χ0n) is 12.7. The Hall–Kier alpha value is -1.06. The van der Waals surface area contributed by atoms with Gasteiger partial charge in [-0.05, 0) is 44.0 Å². The molecule has 0 amide bonds. The summed E-state index contributed by atoms with van der Waals surface area (Å²) in [4.78, 5) is 4.46. The van der Waals surface area contributed by atoms with E-state index in [-0.39, 0.29) is 0 Å². The number of nitrogens with zero attached hydrogens (tertiary/aromatic N) is 1. The maximum absolute atomic E-state index is 4.46. The van der Waals surface area contributed by atoms with Crippen molar-refractivity contribution in [2.45, 2.75) is 43.4 Å². The van der Waals surface area contributed by atoms with Crippen molar-refractivity contribution in [1.29, 1.82) is 0 Å². The fourth-order valence-electron chi connectivity index (χ4n) is 3.15. The van der Waals surface area contributed by atoms with Crippen LogP contribution >= 0.6 is 11.8 Å². The Morgan fingerprint density at radius 3 is 2.86 bits per heavy atom. The number of fused-ring (bicyclic) bond motifs is 1. The van der Waals surface area contributed by atoms with E-state index in [4.69, 9.17) is 0 Å². The van der Waals surface area contributed by atoms with Crippen LogP contribution < -0.4 is 5.32 Å². The molecule has 21 heavy (non-hydrogen) atoms. The average Bonchev–Trinajstić information content (AvgIpc) is 3.05. The van der Waals surface area contributed by atoms with Gasteiger partial charge in [-0.3, -0.25) is 4.98 Å². The van der Waals surface area contributed by atoms with E-state index in [1.807, 2.05) is 6.20 Å². The van der Waals surface area contributed by atoms with Gasteiger partial charge in [0.05, 0.1) is 5.52 Å². The number of thioether (sulfide) groups is 1. The standard InChI is InChI=1S/C18H24N2S/c1-19-15(13-21-16-6-2-3-7-16)12-14-10-11-20-18-9-5-4-8-17(14)18/h4-5,8-11,15-16,19H,2-3,6-7,12-13H2,1H3. The lowest BCUT2D eigenvalue weighted by Gasteiger charge is -2.19. The first kappa shape index (κ1) is 14.9. The molecular weight excluding hydrogens is 276 g/mol. The summed E-state index contributed by atoms with van der Waals surface area (Å²) >= 11 is 2.16. The summed E-state index contributed by atoms with van der Waals surface area (Å²) < 4.78 is 0. The molecule has 1 aliphatic carbocycles. The molecule has 3 rings (SSSR count). The smallest absolute Gasteiger partial charge is 0.0704 e. The highest BCUT2D eigenvalue weighted by atomic mass is 32.2. The highest BCUT2D eigenvalue weighted by Crippen LogP contribution is 2.30. The predicted octanol–water partition coefficient (Wildman–Crippen LogP) is 4.04. The highest BCUT2D eigenvalue weighted by Gasteiger charge is 2.18. The molecule has 1 N–H and O–H groups in total. The highest BCUT2D eigenvalue weighted by molar-refractivity contribution is 7.99. The monoisotopic (exact) mass is 300 g/mol. The number of pyridine rings is 1. The van der Waals surface area contributed by atoms with Crippen LogP contribution in [0.3, 0.4) is 0 Å². The van der Waals surface area contributed by atoms with Crippen molar-refractivity contribution in [3.8, 4) is 0 Å². The number of hydrogen-bond donors (Lipinski definition) is 1. The molecule has 112 valence electrons. The number of rotatable bonds is 6. The lowest BCUT2D eigenvalue weighted by molar-refractivity contribution is 0.617. The van der Waals surface area contributed by atoms with Crippen LogP contribution in [0.25, 0.3) is 10.9 Å². The van der Waals surface area contributed by atoms with Gasteiger partial charge >= 0.3 is 0 Å². The maximum atomic E-state index is 4.46. The van der Waals surface area contributed by atoms with E-state index in [2.05, 4.69) is 59.4 Å². The fourth-order valence-corrected chi connectivity index (χ4v) is 4.61. The number of aromatic nitrogens is 1. The van der Waals surface area contributed by atoms with Gasteiger partial charge in [-0.1, -0.05) is 31.0 Å². The Bertz CT molecular complexity index is 573. The van der Waals surface area contributed by atoms with E-state index in [0.717, 1.165) is 17.2 Å². The Balaban J connectivity index is 1.67. The molecule has 0 spiro atoms. The number of likely N-dealkylation sites (N-methyl/N-ethyl adjacent to an activating group) is 1. The number of para-hydroxylation sites is 1. The Morgan fingerprint density at radius 1 is 1.24 bits per heavy atom. The summed E-state index contributed by atoms with van der Waals surface area (Å²) in [6.45, 7) is 0. The minimum Gasteiger partial charge on any atom is -0.316 e. The van der Waals surface area contributed by atoms with Gasteiger partial charge in [0, 0.05) is 28.6 Å². The van der Waals surface area contributed by atoms with Crippen molar-refractivity contribution >= 4 is 22.7 Å². The van der Waals surface area contributed by atoms with Gasteiger partial charge in [-0.25, -0.2) is 0 Å². The van der Waals surface area contributed by atoms with E-state index in [9.17, 15) is 0 Å². The first-order valence-corrected chi connectivity index (χ1v) is 9.03. The van der Waals surface area contributed by atoms with E-state index in [1.54, 1.807) is 0 Å². The molecule has 1 aromatic heterocycles. The third kappa shape index (κ3) is 3.78. The molecule has 2 nitrogen and oxygen atoms in total. The lowest BCUT2D eigenvalue weighted by atomic mass is 10.0. The van der Waals surface area contributed by atoms with Gasteiger partial charge in [0.1, 0.15) is 0 Å². The van der Waals surface area contributed by atoms with Gasteiger partial charge in [0.25, 0.3) is 0 Å². The van der Waals surface area contributed by atoms with Crippen LogP contribution in [-0.2, 0) is 6.42 Å². The Labute approximate surface area is 131 Å². The first-order valence-electron chi connectivity index (χ1n) is 7.98. The summed E-state index contributed by atoms with van der Waals surface area (Å²) in [6, 6.07) is 11.2. The number of hydrogen-bond acceptors (Lipinski definition) is 3. The zero-order chi connectivity index (χ0) is 14.5. The number of benzene rings is 1. The van der Waals surface area contributed by atoms with Crippen molar-refractivity contribution in [3.63, 3.8) is 0 Å². The quantitative estimate of drug-likeness (QED) is 0.871. The second-order valence-corrected chi connectivity index (χ2v) is 7.25. The molecule has 1 fully saturated rings. The van der Waals surface area contributed by atoms with Crippen LogP contribution in [-0.4, -0.2) is 29.1 Å². The molecule has 0 radical (unpaired) electrons. The van der Waals surface area contributed by atoms with Gasteiger partial charge in [-0.15, -0.1) is 0 Å². The molecule has 1 atom stereocenters. The molecule has 1 aliphatic rings. The van der Waals surface area contributed by atoms with Gasteiger partial charge < -0.3 is 5.32 Å². The van der Waals surface area contributed by atoms with E-state index in [0.29, 0.717) is 6.04 Å². The van der Waals surface area contributed by atoms with Crippen LogP contribution in [0.2, 0.25) is 0 Å². The minimum absolute atomic E-state index is 0.543.